The third-order valence-corrected chi connectivity index (χ3v) is 3.64. The fourth-order valence-electron chi connectivity index (χ4n) is 2.05. The van der Waals surface area contributed by atoms with Crippen molar-refractivity contribution in [1.29, 1.82) is 0 Å². The lowest BCUT2D eigenvalue weighted by Gasteiger charge is -2.21. The van der Waals surface area contributed by atoms with Crippen LogP contribution in [-0.2, 0) is 0 Å². The molecule has 5 heteroatoms. The monoisotopic (exact) mass is 340 g/mol. The zero-order valence-corrected chi connectivity index (χ0v) is 12.6. The third-order valence-electron chi connectivity index (χ3n) is 2.95. The maximum Gasteiger partial charge on any atom is 0.141 e. The molecule has 0 amide bonds. The van der Waals surface area contributed by atoms with Gasteiger partial charge >= 0.3 is 0 Å². The quantitative estimate of drug-likeness (QED) is 0.881. The topological polar surface area (TPSA) is 24.9 Å². The Balaban J connectivity index is 2.47. The van der Waals surface area contributed by atoms with Crippen LogP contribution in [-0.4, -0.2) is 11.5 Å². The van der Waals surface area contributed by atoms with Gasteiger partial charge in [0.2, 0.25) is 0 Å². The molecular formula is C15H15BrF2N2. The van der Waals surface area contributed by atoms with Gasteiger partial charge in [0.25, 0.3) is 0 Å². The van der Waals surface area contributed by atoms with Gasteiger partial charge in [-0.1, -0.05) is 28.9 Å². The highest BCUT2D eigenvalue weighted by Crippen LogP contribution is 2.30. The predicted molar refractivity (Wildman–Crippen MR) is 78.4 cm³/mol. The number of nitrogens with one attached hydrogen (secondary N) is 1. The molecule has 0 aliphatic carbocycles. The molecule has 0 saturated heterocycles. The SMILES string of the molecule is CCCNC(c1cncc(F)c1)c1c(F)cccc1Br. The van der Waals surface area contributed by atoms with Crippen LogP contribution < -0.4 is 5.32 Å². The van der Waals surface area contributed by atoms with Crippen molar-refractivity contribution >= 4 is 15.9 Å². The number of hydrogen-bond donors (Lipinski definition) is 1. The molecule has 1 aromatic heterocycles. The summed E-state index contributed by atoms with van der Waals surface area (Å²) in [6, 6.07) is 5.73. The fraction of sp³-hybridized carbons (Fsp3) is 0.267. The number of hydrogen-bond acceptors (Lipinski definition) is 2. The van der Waals surface area contributed by atoms with E-state index in [0.717, 1.165) is 12.6 Å². The van der Waals surface area contributed by atoms with Crippen LogP contribution in [0.1, 0.15) is 30.5 Å². The first-order valence-electron chi connectivity index (χ1n) is 6.41. The lowest BCUT2D eigenvalue weighted by molar-refractivity contribution is 0.538. The van der Waals surface area contributed by atoms with Crippen molar-refractivity contribution in [3.8, 4) is 0 Å². The first-order valence-corrected chi connectivity index (χ1v) is 7.20. The Morgan fingerprint density at radius 3 is 2.75 bits per heavy atom. The van der Waals surface area contributed by atoms with E-state index < -0.39 is 11.9 Å². The Morgan fingerprint density at radius 1 is 1.30 bits per heavy atom. The molecule has 1 heterocycles. The van der Waals surface area contributed by atoms with Crippen LogP contribution in [0, 0.1) is 11.6 Å². The summed E-state index contributed by atoms with van der Waals surface area (Å²) in [5.74, 6) is -0.768. The van der Waals surface area contributed by atoms with E-state index >= 15 is 0 Å². The summed E-state index contributed by atoms with van der Waals surface area (Å²) in [6.45, 7) is 2.71. The second-order valence-electron chi connectivity index (χ2n) is 4.46. The highest BCUT2D eigenvalue weighted by atomic mass is 79.9. The van der Waals surface area contributed by atoms with Crippen molar-refractivity contribution in [2.24, 2.45) is 0 Å². The van der Waals surface area contributed by atoms with Crippen LogP contribution >= 0.6 is 15.9 Å². The van der Waals surface area contributed by atoms with Gasteiger partial charge < -0.3 is 5.32 Å². The van der Waals surface area contributed by atoms with Crippen LogP contribution in [0.5, 0.6) is 0 Å². The Morgan fingerprint density at radius 2 is 2.10 bits per heavy atom. The second-order valence-corrected chi connectivity index (χ2v) is 5.31. The van der Waals surface area contributed by atoms with Gasteiger partial charge in [-0.15, -0.1) is 0 Å². The van der Waals surface area contributed by atoms with E-state index in [1.54, 1.807) is 18.3 Å². The summed E-state index contributed by atoms with van der Waals surface area (Å²) >= 11 is 3.36. The van der Waals surface area contributed by atoms with Gasteiger partial charge in [0.15, 0.2) is 0 Å². The van der Waals surface area contributed by atoms with Gasteiger partial charge in [0.1, 0.15) is 11.6 Å². The lowest BCUT2D eigenvalue weighted by atomic mass is 9.99. The summed E-state index contributed by atoms with van der Waals surface area (Å²) in [5.41, 5.74) is 1.07. The first-order chi connectivity index (χ1) is 9.63. The number of halogens is 3. The Kier molecular flexibility index (Phi) is 5.20. The van der Waals surface area contributed by atoms with E-state index in [4.69, 9.17) is 0 Å². The van der Waals surface area contributed by atoms with E-state index in [2.05, 4.69) is 26.2 Å². The predicted octanol–water partition coefficient (Wildman–Crippen LogP) is 4.21. The Bertz CT molecular complexity index is 570. The zero-order chi connectivity index (χ0) is 14.5. The number of nitrogens with zero attached hydrogens (tertiary/aromatic N) is 1. The van der Waals surface area contributed by atoms with Crippen molar-refractivity contribution in [3.05, 3.63) is 63.9 Å². The van der Waals surface area contributed by atoms with E-state index in [1.165, 1.54) is 12.1 Å². The molecule has 0 saturated carbocycles. The smallest absolute Gasteiger partial charge is 0.141 e. The molecule has 1 unspecified atom stereocenters. The minimum atomic E-state index is -0.436. The molecule has 1 aromatic carbocycles. The van der Waals surface area contributed by atoms with Gasteiger partial charge in [-0.25, -0.2) is 8.78 Å². The first kappa shape index (κ1) is 15.1. The van der Waals surface area contributed by atoms with E-state index in [1.807, 2.05) is 6.92 Å². The fourth-order valence-corrected chi connectivity index (χ4v) is 2.62. The van der Waals surface area contributed by atoms with Crippen LogP contribution in [0.4, 0.5) is 8.78 Å². The summed E-state index contributed by atoms with van der Waals surface area (Å²) in [6.07, 6.45) is 3.58. The minimum Gasteiger partial charge on any atom is -0.306 e. The Hall–Kier alpha value is -1.33. The average molecular weight is 341 g/mol. The summed E-state index contributed by atoms with van der Waals surface area (Å²) in [4.78, 5) is 3.85. The molecule has 0 fully saturated rings. The maximum absolute atomic E-state index is 14.1. The molecule has 1 atom stereocenters. The molecule has 0 aliphatic heterocycles. The number of aromatic nitrogens is 1. The molecule has 106 valence electrons. The van der Waals surface area contributed by atoms with Crippen molar-refractivity contribution < 1.29 is 8.78 Å². The van der Waals surface area contributed by atoms with E-state index in [-0.39, 0.29) is 5.82 Å². The van der Waals surface area contributed by atoms with E-state index in [9.17, 15) is 8.78 Å². The zero-order valence-electron chi connectivity index (χ0n) is 11.0. The largest absolute Gasteiger partial charge is 0.306 e. The van der Waals surface area contributed by atoms with Crippen LogP contribution in [0.2, 0.25) is 0 Å². The molecule has 20 heavy (non-hydrogen) atoms. The molecule has 0 radical (unpaired) electrons. The summed E-state index contributed by atoms with van der Waals surface area (Å²) in [7, 11) is 0. The van der Waals surface area contributed by atoms with Crippen molar-refractivity contribution in [2.75, 3.05) is 6.54 Å². The highest BCUT2D eigenvalue weighted by Gasteiger charge is 2.20. The molecule has 0 spiro atoms. The van der Waals surface area contributed by atoms with Crippen molar-refractivity contribution in [1.82, 2.24) is 10.3 Å². The van der Waals surface area contributed by atoms with Crippen molar-refractivity contribution in [2.45, 2.75) is 19.4 Å². The summed E-state index contributed by atoms with van der Waals surface area (Å²) in [5, 5.41) is 3.23. The molecule has 0 bridgehead atoms. The number of benzene rings is 1. The summed E-state index contributed by atoms with van der Waals surface area (Å²) < 4.78 is 28.1. The van der Waals surface area contributed by atoms with Crippen LogP contribution in [0.3, 0.4) is 0 Å². The second kappa shape index (κ2) is 6.90. The van der Waals surface area contributed by atoms with Crippen LogP contribution in [0.25, 0.3) is 0 Å². The normalized spacial score (nSPS) is 12.4. The van der Waals surface area contributed by atoms with Crippen LogP contribution in [0.15, 0.2) is 41.1 Å². The highest BCUT2D eigenvalue weighted by molar-refractivity contribution is 9.10. The average Bonchev–Trinajstić information content (AvgIpc) is 2.42. The standard InChI is InChI=1S/C15H15BrF2N2/c1-2-6-20-15(10-7-11(17)9-19-8-10)14-12(16)4-3-5-13(14)18/h3-5,7-9,15,20H,2,6H2,1H3. The molecular weight excluding hydrogens is 326 g/mol. The third kappa shape index (κ3) is 3.41. The number of pyridine rings is 1. The molecule has 0 aliphatic rings. The maximum atomic E-state index is 14.1. The lowest BCUT2D eigenvalue weighted by Crippen LogP contribution is -2.24. The van der Waals surface area contributed by atoms with Gasteiger partial charge in [-0.2, -0.15) is 0 Å². The Labute approximate surface area is 125 Å². The van der Waals surface area contributed by atoms with E-state index in [0.29, 0.717) is 22.1 Å². The number of rotatable bonds is 5. The van der Waals surface area contributed by atoms with Gasteiger partial charge in [-0.05, 0) is 36.7 Å². The van der Waals surface area contributed by atoms with Gasteiger partial charge in [0.05, 0.1) is 12.2 Å². The molecule has 2 nitrogen and oxygen atoms in total. The van der Waals surface area contributed by atoms with Crippen molar-refractivity contribution in [3.63, 3.8) is 0 Å². The molecule has 2 aromatic rings. The van der Waals surface area contributed by atoms with Gasteiger partial charge in [-0.3, -0.25) is 4.98 Å². The molecule has 2 rings (SSSR count). The minimum absolute atomic E-state index is 0.336. The van der Waals surface area contributed by atoms with Gasteiger partial charge in [0, 0.05) is 16.2 Å². The molecule has 1 N–H and O–H groups in total.